The zero-order valence-corrected chi connectivity index (χ0v) is 6.73. The van der Waals surface area contributed by atoms with Gasteiger partial charge in [-0.1, -0.05) is 17.6 Å². The number of rotatable bonds is 2. The van der Waals surface area contributed by atoms with Crippen LogP contribution in [-0.4, -0.2) is 14.1 Å². The van der Waals surface area contributed by atoms with Crippen LogP contribution >= 0.6 is 0 Å². The zero-order valence-electron chi connectivity index (χ0n) is 6.73. The lowest BCUT2D eigenvalue weighted by molar-refractivity contribution is 0.386. The van der Waals surface area contributed by atoms with Crippen LogP contribution in [0.25, 0.3) is 0 Å². The Kier molecular flexibility index (Phi) is 2.49. The van der Waals surface area contributed by atoms with Crippen molar-refractivity contribution in [1.29, 1.82) is 0 Å². The molecule has 1 rings (SSSR count). The van der Waals surface area contributed by atoms with Gasteiger partial charge in [-0.2, -0.15) is 0 Å². The molecule has 13 heavy (non-hydrogen) atoms. The van der Waals surface area contributed by atoms with Crippen LogP contribution in [0.1, 0.15) is 0 Å². The van der Waals surface area contributed by atoms with E-state index in [0.29, 0.717) is 6.07 Å². The number of methoxy groups -OCH3 is 1. The molecule has 0 saturated heterocycles. The van der Waals surface area contributed by atoms with Gasteiger partial charge in [-0.3, -0.25) is 0 Å². The summed E-state index contributed by atoms with van der Waals surface area (Å²) in [6, 6.07) is 2.94. The van der Waals surface area contributed by atoms with Crippen LogP contribution in [0.2, 0.25) is 0 Å². The Morgan fingerprint density at radius 1 is 1.23 bits per heavy atom. The third-order valence-corrected chi connectivity index (χ3v) is 1.57. The Morgan fingerprint density at radius 3 is 2.31 bits per heavy atom. The highest BCUT2D eigenvalue weighted by atomic mass is 19.4. The van der Waals surface area contributed by atoms with Crippen LogP contribution in [0.15, 0.2) is 18.2 Å². The molecule has 0 amide bonds. The molecule has 0 heterocycles. The van der Waals surface area contributed by atoms with Crippen molar-refractivity contribution in [3.63, 3.8) is 0 Å². The molecule has 72 valence electrons. The SMILES string of the molecule is COc1cccc([B-](F)(F)F)c1F. The molecule has 1 aromatic rings. The van der Waals surface area contributed by atoms with Gasteiger partial charge in [0.2, 0.25) is 0 Å². The molecule has 0 bridgehead atoms. The number of hydrogen-bond acceptors (Lipinski definition) is 1. The monoisotopic (exact) mass is 193 g/mol. The normalized spacial score (nSPS) is 11.5. The number of ether oxygens (including phenoxy) is 1. The Labute approximate surface area is 72.4 Å². The molecule has 0 saturated carbocycles. The third-order valence-electron chi connectivity index (χ3n) is 1.57. The van der Waals surface area contributed by atoms with Crippen molar-refractivity contribution in [2.75, 3.05) is 7.11 Å². The highest BCUT2D eigenvalue weighted by Crippen LogP contribution is 2.18. The van der Waals surface area contributed by atoms with Crippen molar-refractivity contribution in [3.8, 4) is 5.75 Å². The molecule has 0 radical (unpaired) electrons. The summed E-state index contributed by atoms with van der Waals surface area (Å²) in [4.78, 5) is 0. The van der Waals surface area contributed by atoms with E-state index in [1.807, 2.05) is 0 Å². The Morgan fingerprint density at radius 2 is 1.85 bits per heavy atom. The van der Waals surface area contributed by atoms with E-state index >= 15 is 0 Å². The van der Waals surface area contributed by atoms with Crippen molar-refractivity contribution >= 4 is 12.4 Å². The Hall–Kier alpha value is -1.20. The summed E-state index contributed by atoms with van der Waals surface area (Å²) in [5.74, 6) is -1.74. The summed E-state index contributed by atoms with van der Waals surface area (Å²) >= 11 is 0. The lowest BCUT2D eigenvalue weighted by Crippen LogP contribution is -2.36. The van der Waals surface area contributed by atoms with Gasteiger partial charge in [0.15, 0.2) is 5.75 Å². The minimum atomic E-state index is -5.31. The van der Waals surface area contributed by atoms with Crippen molar-refractivity contribution in [2.45, 2.75) is 0 Å². The predicted molar refractivity (Wildman–Crippen MR) is 41.7 cm³/mol. The molecule has 0 aromatic heterocycles. The van der Waals surface area contributed by atoms with E-state index in [4.69, 9.17) is 0 Å². The summed E-state index contributed by atoms with van der Waals surface area (Å²) < 4.78 is 53.8. The molecule has 1 nitrogen and oxygen atoms in total. The molecule has 0 aliphatic heterocycles. The van der Waals surface area contributed by atoms with Gasteiger partial charge in [0.05, 0.1) is 7.11 Å². The minimum Gasteiger partial charge on any atom is -0.494 e. The quantitative estimate of drug-likeness (QED) is 0.514. The van der Waals surface area contributed by atoms with Crippen LogP contribution < -0.4 is 10.2 Å². The smallest absolute Gasteiger partial charge is 0.494 e. The molecule has 0 atom stereocenters. The van der Waals surface area contributed by atoms with E-state index < -0.39 is 24.0 Å². The highest BCUT2D eigenvalue weighted by Gasteiger charge is 2.30. The third kappa shape index (κ3) is 1.94. The first-order valence-corrected chi connectivity index (χ1v) is 3.49. The summed E-state index contributed by atoms with van der Waals surface area (Å²) in [5.41, 5.74) is -1.25. The van der Waals surface area contributed by atoms with Gasteiger partial charge in [-0.15, -0.1) is 0 Å². The van der Waals surface area contributed by atoms with E-state index in [-0.39, 0.29) is 0 Å². The Bertz CT molecular complexity index is 310. The first-order chi connectivity index (χ1) is 5.96. The fourth-order valence-corrected chi connectivity index (χ4v) is 0.938. The second-order valence-electron chi connectivity index (χ2n) is 2.44. The van der Waals surface area contributed by atoms with E-state index in [2.05, 4.69) is 4.74 Å². The zero-order chi connectivity index (χ0) is 10.1. The average Bonchev–Trinajstić information content (AvgIpc) is 2.02. The fraction of sp³-hybridized carbons (Fsp3) is 0.143. The van der Waals surface area contributed by atoms with Crippen molar-refractivity contribution in [2.24, 2.45) is 0 Å². The molecule has 0 aliphatic rings. The maximum atomic E-state index is 12.9. The predicted octanol–water partition coefficient (Wildman–Crippen LogP) is 1.89. The molecule has 0 spiro atoms. The van der Waals surface area contributed by atoms with Crippen LogP contribution in [0.4, 0.5) is 17.3 Å². The van der Waals surface area contributed by atoms with Gasteiger partial charge in [0.1, 0.15) is 5.82 Å². The Balaban J connectivity index is 3.24. The molecule has 1 aromatic carbocycles. The lowest BCUT2D eigenvalue weighted by atomic mass is 9.79. The van der Waals surface area contributed by atoms with Gasteiger partial charge in [-0.25, -0.2) is 4.39 Å². The molecular weight excluding hydrogens is 187 g/mol. The van der Waals surface area contributed by atoms with Crippen LogP contribution in [-0.2, 0) is 0 Å². The molecule has 0 aliphatic carbocycles. The van der Waals surface area contributed by atoms with Gasteiger partial charge >= 0.3 is 6.98 Å². The second kappa shape index (κ2) is 3.28. The summed E-state index contributed by atoms with van der Waals surface area (Å²) in [6.07, 6.45) is 0. The van der Waals surface area contributed by atoms with Crippen LogP contribution in [0.3, 0.4) is 0 Å². The fourth-order valence-electron chi connectivity index (χ4n) is 0.938. The number of benzene rings is 1. The van der Waals surface area contributed by atoms with E-state index in [1.54, 1.807) is 0 Å². The minimum absolute atomic E-state index is 0.392. The summed E-state index contributed by atoms with van der Waals surface area (Å²) in [7, 11) is 1.12. The largest absolute Gasteiger partial charge is 0.512 e. The van der Waals surface area contributed by atoms with E-state index in [9.17, 15) is 17.3 Å². The second-order valence-corrected chi connectivity index (χ2v) is 2.44. The molecule has 6 heteroatoms. The van der Waals surface area contributed by atoms with Crippen LogP contribution in [0, 0.1) is 5.82 Å². The van der Waals surface area contributed by atoms with Crippen molar-refractivity contribution in [1.82, 2.24) is 0 Å². The maximum absolute atomic E-state index is 12.9. The first-order valence-electron chi connectivity index (χ1n) is 3.49. The molecule has 0 N–H and O–H groups in total. The maximum Gasteiger partial charge on any atom is 0.512 e. The van der Waals surface area contributed by atoms with Gasteiger partial charge in [0.25, 0.3) is 0 Å². The van der Waals surface area contributed by atoms with Gasteiger partial charge in [0, 0.05) is 0 Å². The number of halogens is 4. The summed E-state index contributed by atoms with van der Waals surface area (Å²) in [5, 5.41) is 0. The average molecular weight is 193 g/mol. The summed E-state index contributed by atoms with van der Waals surface area (Å²) in [6.45, 7) is -5.31. The van der Waals surface area contributed by atoms with E-state index in [1.165, 1.54) is 0 Å². The molecule has 0 fully saturated rings. The van der Waals surface area contributed by atoms with E-state index in [0.717, 1.165) is 19.2 Å². The van der Waals surface area contributed by atoms with Gasteiger partial charge < -0.3 is 17.7 Å². The van der Waals surface area contributed by atoms with Crippen molar-refractivity contribution < 1.29 is 22.1 Å². The van der Waals surface area contributed by atoms with Crippen LogP contribution in [0.5, 0.6) is 5.75 Å². The standard InChI is InChI=1S/C7H6BF4O/c1-13-6-4-2-3-5(7(6)9)8(10,11)12/h2-4H,1H3/q-1. The van der Waals surface area contributed by atoms with Gasteiger partial charge in [-0.05, 0) is 6.07 Å². The van der Waals surface area contributed by atoms with Crippen molar-refractivity contribution in [3.05, 3.63) is 24.0 Å². The molecular formula is C7H6BF4O-. The first kappa shape index (κ1) is 9.89. The lowest BCUT2D eigenvalue weighted by Gasteiger charge is -2.16. The highest BCUT2D eigenvalue weighted by molar-refractivity contribution is 6.73. The number of hydrogen-bond donors (Lipinski definition) is 0. The molecule has 0 unspecified atom stereocenters. The topological polar surface area (TPSA) is 9.23 Å².